The largest absolute Gasteiger partial charge is 0.456 e. The SMILES string of the molecule is CC1CC(C(=O)OCC(=O)c2cnc(N)c(F)c2)n2c1cc(-c1c(-n3cnnn3)ccc(Cl)c1F)cc2=O. The predicted octanol–water partition coefficient (Wildman–Crippen LogP) is 2.87. The smallest absolute Gasteiger partial charge is 0.329 e. The second-order valence-corrected chi connectivity index (χ2v) is 9.07. The number of ether oxygens (including phenoxy) is 1. The van der Waals surface area contributed by atoms with E-state index in [4.69, 9.17) is 22.1 Å². The average molecular weight is 542 g/mol. The van der Waals surface area contributed by atoms with Crippen molar-refractivity contribution in [3.63, 3.8) is 0 Å². The summed E-state index contributed by atoms with van der Waals surface area (Å²) in [6, 6.07) is 5.52. The average Bonchev–Trinajstić information content (AvgIpc) is 3.54. The molecule has 2 N–H and O–H groups in total. The van der Waals surface area contributed by atoms with Gasteiger partial charge >= 0.3 is 5.97 Å². The second kappa shape index (κ2) is 9.74. The van der Waals surface area contributed by atoms with Crippen molar-refractivity contribution in [1.29, 1.82) is 0 Å². The molecule has 0 radical (unpaired) electrons. The first-order valence-corrected chi connectivity index (χ1v) is 11.6. The van der Waals surface area contributed by atoms with Crippen LogP contribution in [0.4, 0.5) is 14.6 Å². The van der Waals surface area contributed by atoms with Gasteiger partial charge in [0.05, 0.1) is 10.7 Å². The van der Waals surface area contributed by atoms with Crippen LogP contribution in [-0.2, 0) is 9.53 Å². The number of nitrogens with zero attached hydrogens (tertiary/aromatic N) is 6. The van der Waals surface area contributed by atoms with Crippen LogP contribution in [0.15, 0.2) is 47.7 Å². The molecular formula is C24H18ClF2N7O4. The number of nitrogens with two attached hydrogens (primary N) is 1. The first-order valence-electron chi connectivity index (χ1n) is 11.2. The van der Waals surface area contributed by atoms with E-state index in [1.807, 2.05) is 0 Å². The van der Waals surface area contributed by atoms with Crippen LogP contribution in [0.1, 0.15) is 41.4 Å². The molecule has 0 saturated heterocycles. The molecule has 2 unspecified atom stereocenters. The molecular weight excluding hydrogens is 524 g/mol. The fourth-order valence-electron chi connectivity index (χ4n) is 4.42. The maximum absolute atomic E-state index is 15.2. The molecule has 3 aromatic heterocycles. The van der Waals surface area contributed by atoms with Gasteiger partial charge in [0.2, 0.25) is 5.78 Å². The molecule has 5 rings (SSSR count). The van der Waals surface area contributed by atoms with Gasteiger partial charge in [-0.1, -0.05) is 18.5 Å². The number of nitrogen functional groups attached to an aromatic ring is 1. The summed E-state index contributed by atoms with van der Waals surface area (Å²) < 4.78 is 36.5. The number of Topliss-reactive ketones (excluding diaryl/α,β-unsaturated/α-hetero) is 1. The maximum Gasteiger partial charge on any atom is 0.329 e. The minimum atomic E-state index is -1.01. The van der Waals surface area contributed by atoms with Crippen molar-refractivity contribution in [2.45, 2.75) is 25.3 Å². The van der Waals surface area contributed by atoms with Crippen LogP contribution < -0.4 is 11.3 Å². The number of rotatable bonds is 6. The van der Waals surface area contributed by atoms with Crippen molar-refractivity contribution in [2.75, 3.05) is 12.3 Å². The zero-order chi connectivity index (χ0) is 27.1. The zero-order valence-electron chi connectivity index (χ0n) is 19.6. The predicted molar refractivity (Wildman–Crippen MR) is 130 cm³/mol. The molecule has 0 spiro atoms. The fourth-order valence-corrected chi connectivity index (χ4v) is 4.57. The molecule has 0 aliphatic carbocycles. The number of carbonyl (C=O) groups excluding carboxylic acids is 2. The van der Waals surface area contributed by atoms with Crippen LogP contribution in [0.25, 0.3) is 16.8 Å². The number of ketones is 1. The lowest BCUT2D eigenvalue weighted by atomic mass is 9.99. The first kappa shape index (κ1) is 25.1. The van der Waals surface area contributed by atoms with E-state index in [1.165, 1.54) is 33.8 Å². The van der Waals surface area contributed by atoms with Crippen molar-refractivity contribution in [2.24, 2.45) is 0 Å². The highest BCUT2D eigenvalue weighted by Crippen LogP contribution is 2.39. The van der Waals surface area contributed by atoms with Crippen LogP contribution in [0.5, 0.6) is 0 Å². The monoisotopic (exact) mass is 541 g/mol. The van der Waals surface area contributed by atoms with Crippen LogP contribution in [0, 0.1) is 11.6 Å². The third-order valence-electron chi connectivity index (χ3n) is 6.26. The van der Waals surface area contributed by atoms with Crippen molar-refractivity contribution >= 4 is 29.2 Å². The van der Waals surface area contributed by atoms with Gasteiger partial charge in [-0.15, -0.1) is 5.10 Å². The molecule has 0 amide bonds. The van der Waals surface area contributed by atoms with Gasteiger partial charge in [-0.05, 0) is 52.6 Å². The first-order chi connectivity index (χ1) is 18.2. The van der Waals surface area contributed by atoms with Crippen LogP contribution in [0.3, 0.4) is 0 Å². The zero-order valence-corrected chi connectivity index (χ0v) is 20.4. The number of aromatic nitrogens is 6. The van der Waals surface area contributed by atoms with E-state index in [2.05, 4.69) is 20.5 Å². The quantitative estimate of drug-likeness (QED) is 0.287. The number of anilines is 1. The molecule has 0 fully saturated rings. The Morgan fingerprint density at radius 2 is 2.03 bits per heavy atom. The number of pyridine rings is 2. The summed E-state index contributed by atoms with van der Waals surface area (Å²) in [7, 11) is 0. The lowest BCUT2D eigenvalue weighted by Gasteiger charge is -2.16. The Bertz CT molecular complexity index is 1640. The van der Waals surface area contributed by atoms with E-state index in [9.17, 15) is 18.8 Å². The highest BCUT2D eigenvalue weighted by molar-refractivity contribution is 6.31. The second-order valence-electron chi connectivity index (χ2n) is 8.66. The van der Waals surface area contributed by atoms with Gasteiger partial charge in [-0.3, -0.25) is 14.2 Å². The van der Waals surface area contributed by atoms with Crippen LogP contribution in [-0.4, -0.2) is 48.1 Å². The van der Waals surface area contributed by atoms with E-state index in [0.717, 1.165) is 12.3 Å². The summed E-state index contributed by atoms with van der Waals surface area (Å²) in [6.45, 7) is 1.12. The lowest BCUT2D eigenvalue weighted by molar-refractivity contribution is -0.146. The highest BCUT2D eigenvalue weighted by Gasteiger charge is 2.36. The molecule has 4 aromatic rings. The highest BCUT2D eigenvalue weighted by atomic mass is 35.5. The number of tetrazole rings is 1. The minimum Gasteiger partial charge on any atom is -0.456 e. The van der Waals surface area contributed by atoms with E-state index in [0.29, 0.717) is 5.69 Å². The Balaban J connectivity index is 1.44. The number of halogens is 3. The Morgan fingerprint density at radius 3 is 2.74 bits per heavy atom. The summed E-state index contributed by atoms with van der Waals surface area (Å²) in [6.07, 6.45) is 2.56. The Labute approximate surface area is 217 Å². The van der Waals surface area contributed by atoms with Gasteiger partial charge in [0.25, 0.3) is 5.56 Å². The number of carbonyl (C=O) groups is 2. The Morgan fingerprint density at radius 1 is 1.24 bits per heavy atom. The number of hydrogen-bond acceptors (Lipinski definition) is 9. The van der Waals surface area contributed by atoms with Gasteiger partial charge in [-0.2, -0.15) is 4.68 Å². The van der Waals surface area contributed by atoms with Gasteiger partial charge in [0, 0.05) is 29.1 Å². The van der Waals surface area contributed by atoms with E-state index in [1.54, 1.807) is 13.0 Å². The molecule has 1 aromatic carbocycles. The molecule has 4 heterocycles. The van der Waals surface area contributed by atoms with E-state index in [-0.39, 0.29) is 45.6 Å². The molecule has 11 nitrogen and oxygen atoms in total. The van der Waals surface area contributed by atoms with Crippen LogP contribution in [0.2, 0.25) is 5.02 Å². The lowest BCUT2D eigenvalue weighted by Crippen LogP contribution is -2.29. The van der Waals surface area contributed by atoms with Crippen molar-refractivity contribution in [3.05, 3.63) is 81.1 Å². The van der Waals surface area contributed by atoms with Gasteiger partial charge in [0.15, 0.2) is 24.1 Å². The Hall–Kier alpha value is -4.52. The molecule has 0 saturated carbocycles. The van der Waals surface area contributed by atoms with Gasteiger partial charge < -0.3 is 10.5 Å². The maximum atomic E-state index is 15.2. The molecule has 38 heavy (non-hydrogen) atoms. The third kappa shape index (κ3) is 4.41. The Kier molecular flexibility index (Phi) is 6.45. The normalized spacial score (nSPS) is 16.3. The molecule has 194 valence electrons. The number of fused-ring (bicyclic) bond motifs is 1. The molecule has 0 bridgehead atoms. The fraction of sp³-hybridized carbons (Fsp3) is 0.208. The van der Waals surface area contributed by atoms with Gasteiger partial charge in [0.1, 0.15) is 12.4 Å². The summed E-state index contributed by atoms with van der Waals surface area (Å²) in [5, 5.41) is 10.8. The van der Waals surface area contributed by atoms with Gasteiger partial charge in [-0.25, -0.2) is 18.6 Å². The minimum absolute atomic E-state index is 0.0125. The molecule has 14 heteroatoms. The van der Waals surface area contributed by atoms with Crippen molar-refractivity contribution < 1.29 is 23.1 Å². The van der Waals surface area contributed by atoms with Crippen molar-refractivity contribution in [1.82, 2.24) is 29.8 Å². The topological polar surface area (TPSA) is 148 Å². The molecule has 1 aliphatic heterocycles. The van der Waals surface area contributed by atoms with E-state index >= 15 is 4.39 Å². The van der Waals surface area contributed by atoms with Crippen molar-refractivity contribution in [3.8, 4) is 16.8 Å². The number of benzene rings is 1. The van der Waals surface area contributed by atoms with E-state index < -0.39 is 41.6 Å². The molecule has 2 atom stereocenters. The summed E-state index contributed by atoms with van der Waals surface area (Å²) >= 11 is 6.03. The molecule has 1 aliphatic rings. The summed E-state index contributed by atoms with van der Waals surface area (Å²) in [5.41, 5.74) is 5.57. The third-order valence-corrected chi connectivity index (χ3v) is 6.55. The number of hydrogen-bond donors (Lipinski definition) is 1. The standard InChI is InChI=1S/C24H18ClF2N7O4/c1-11-4-18(24(37)38-9-19(35)13-5-15(26)23(28)29-8-13)34-17(11)6-12(7-20(34)36)21-16(33-10-30-31-32-33)3-2-14(25)22(21)27/h2-3,5-8,10-11,18H,4,9H2,1H3,(H2,28,29). The number of esters is 1. The summed E-state index contributed by atoms with van der Waals surface area (Å²) in [4.78, 5) is 42.0. The van der Waals surface area contributed by atoms with Crippen LogP contribution >= 0.6 is 11.6 Å². The summed E-state index contributed by atoms with van der Waals surface area (Å²) in [5.74, 6) is -3.79.